The summed E-state index contributed by atoms with van der Waals surface area (Å²) in [6.45, 7) is 6.15. The van der Waals surface area contributed by atoms with Gasteiger partial charge in [-0.2, -0.15) is 0 Å². The van der Waals surface area contributed by atoms with E-state index in [-0.39, 0.29) is 18.1 Å². The van der Waals surface area contributed by atoms with Crippen LogP contribution in [-0.2, 0) is 24.2 Å². The van der Waals surface area contributed by atoms with Gasteiger partial charge in [-0.25, -0.2) is 18.9 Å². The highest BCUT2D eigenvalue weighted by atomic mass is 32.1. The van der Waals surface area contributed by atoms with Gasteiger partial charge in [-0.1, -0.05) is 13.0 Å². The number of nitrogens with one attached hydrogen (secondary N) is 1. The molecule has 0 saturated heterocycles. The monoisotopic (exact) mass is 421 g/mol. The molecule has 0 aliphatic heterocycles. The van der Waals surface area contributed by atoms with Crippen molar-refractivity contribution in [2.24, 2.45) is 5.92 Å². The van der Waals surface area contributed by atoms with Crippen molar-refractivity contribution in [3.8, 4) is 0 Å². The largest absolute Gasteiger partial charge is 0.352 e. The highest BCUT2D eigenvalue weighted by Crippen LogP contribution is 2.38. The van der Waals surface area contributed by atoms with E-state index in [1.165, 1.54) is 25.9 Å². The number of fused-ring (bicyclic) bond motifs is 5. The number of rotatable bonds is 3. The van der Waals surface area contributed by atoms with Gasteiger partial charge in [-0.3, -0.25) is 4.79 Å². The summed E-state index contributed by atoms with van der Waals surface area (Å²) in [6, 6.07) is 5.75. The van der Waals surface area contributed by atoms with E-state index in [0.29, 0.717) is 17.3 Å². The van der Waals surface area contributed by atoms with E-state index in [1.54, 1.807) is 11.3 Å². The Kier molecular flexibility index (Phi) is 4.47. The van der Waals surface area contributed by atoms with Gasteiger partial charge >= 0.3 is 5.69 Å². The van der Waals surface area contributed by atoms with E-state index in [4.69, 9.17) is 0 Å². The number of hydrogen-bond acceptors (Lipinski definition) is 5. The van der Waals surface area contributed by atoms with Crippen LogP contribution in [0.5, 0.6) is 0 Å². The molecule has 1 amide bonds. The number of amides is 1. The fourth-order valence-electron chi connectivity index (χ4n) is 4.12. The number of benzene rings is 1. The smallest absolute Gasteiger partial charge is 0.324 e. The lowest BCUT2D eigenvalue weighted by molar-refractivity contribution is -0.117. The first kappa shape index (κ1) is 19.0. The fraction of sp³-hybridized carbons (Fsp3) is 0.364. The number of thiophene rings is 1. The summed E-state index contributed by atoms with van der Waals surface area (Å²) in [7, 11) is 0. The van der Waals surface area contributed by atoms with Crippen LogP contribution in [0, 0.1) is 19.8 Å². The van der Waals surface area contributed by atoms with E-state index in [2.05, 4.69) is 22.3 Å². The van der Waals surface area contributed by atoms with Crippen LogP contribution in [0.4, 0.5) is 5.69 Å². The molecule has 0 fully saturated rings. The van der Waals surface area contributed by atoms with Crippen molar-refractivity contribution in [2.75, 3.05) is 5.32 Å². The maximum absolute atomic E-state index is 12.8. The Hall–Kier alpha value is -3.00. The van der Waals surface area contributed by atoms with Crippen molar-refractivity contribution >= 4 is 38.8 Å². The Morgan fingerprint density at radius 2 is 2.13 bits per heavy atom. The first-order valence-electron chi connectivity index (χ1n) is 10.2. The van der Waals surface area contributed by atoms with Gasteiger partial charge in [0.2, 0.25) is 5.91 Å². The molecule has 0 bridgehead atoms. The second-order valence-corrected chi connectivity index (χ2v) is 9.34. The van der Waals surface area contributed by atoms with E-state index in [0.717, 1.165) is 40.6 Å². The molecule has 5 rings (SSSR count). The van der Waals surface area contributed by atoms with Crippen LogP contribution in [-0.4, -0.2) is 25.1 Å². The Balaban J connectivity index is 1.50. The summed E-state index contributed by atoms with van der Waals surface area (Å²) in [5.74, 6) is 0.379. The van der Waals surface area contributed by atoms with E-state index >= 15 is 0 Å². The first-order valence-corrected chi connectivity index (χ1v) is 11.0. The highest BCUT2D eigenvalue weighted by Gasteiger charge is 2.24. The zero-order valence-corrected chi connectivity index (χ0v) is 18.0. The van der Waals surface area contributed by atoms with Crippen LogP contribution >= 0.6 is 11.3 Å². The standard InChI is InChI=1S/C22H23N5O2S/c1-12-4-7-16-17(8-12)30-21-19(16)20-25-27(22(29)26(20)11-23-21)10-18(28)24-15-6-5-13(2)14(3)9-15/h5-6,9,11-12H,4,7-8,10H2,1-3H3,(H,24,28)/t12-/m1/s1. The molecule has 0 radical (unpaired) electrons. The molecular weight excluding hydrogens is 398 g/mol. The second-order valence-electron chi connectivity index (χ2n) is 8.26. The average Bonchev–Trinajstić information content (AvgIpc) is 3.22. The van der Waals surface area contributed by atoms with Gasteiger partial charge in [-0.15, -0.1) is 16.4 Å². The summed E-state index contributed by atoms with van der Waals surface area (Å²) in [5, 5.41) is 8.35. The van der Waals surface area contributed by atoms with Gasteiger partial charge in [0.1, 0.15) is 17.7 Å². The lowest BCUT2D eigenvalue weighted by Crippen LogP contribution is -2.28. The summed E-state index contributed by atoms with van der Waals surface area (Å²) in [5.41, 5.74) is 4.49. The summed E-state index contributed by atoms with van der Waals surface area (Å²) >= 11 is 1.70. The second kappa shape index (κ2) is 7.05. The third-order valence-corrected chi connectivity index (χ3v) is 7.12. The van der Waals surface area contributed by atoms with Gasteiger partial charge in [0.25, 0.3) is 0 Å². The minimum absolute atomic E-state index is 0.141. The SMILES string of the molecule is Cc1ccc(NC(=O)Cn2nc3c4c5c(sc4ncn3c2=O)C[C@H](C)CC5)cc1C. The maximum Gasteiger partial charge on any atom is 0.352 e. The van der Waals surface area contributed by atoms with Crippen LogP contribution in [0.2, 0.25) is 0 Å². The predicted molar refractivity (Wildman–Crippen MR) is 118 cm³/mol. The molecule has 1 aliphatic carbocycles. The quantitative estimate of drug-likeness (QED) is 0.549. The van der Waals surface area contributed by atoms with Crippen molar-refractivity contribution < 1.29 is 4.79 Å². The van der Waals surface area contributed by atoms with Gasteiger partial charge in [-0.05, 0) is 67.9 Å². The average molecular weight is 422 g/mol. The van der Waals surface area contributed by atoms with Gasteiger partial charge < -0.3 is 5.32 Å². The molecule has 0 saturated carbocycles. The fourth-order valence-corrected chi connectivity index (χ4v) is 5.47. The molecule has 3 aromatic heterocycles. The summed E-state index contributed by atoms with van der Waals surface area (Å²) in [4.78, 5) is 32.2. The maximum atomic E-state index is 12.8. The topological polar surface area (TPSA) is 81.3 Å². The lowest BCUT2D eigenvalue weighted by Gasteiger charge is -2.17. The molecule has 7 nitrogen and oxygen atoms in total. The molecule has 4 aromatic rings. The normalized spacial score (nSPS) is 16.2. The van der Waals surface area contributed by atoms with Crippen LogP contribution in [0.1, 0.15) is 34.9 Å². The van der Waals surface area contributed by atoms with Gasteiger partial charge in [0.15, 0.2) is 5.65 Å². The molecular formula is C22H23N5O2S. The number of aromatic nitrogens is 4. The molecule has 154 valence electrons. The number of anilines is 1. The number of aryl methyl sites for hydroxylation is 3. The van der Waals surface area contributed by atoms with Crippen molar-refractivity contribution in [1.29, 1.82) is 0 Å². The number of carbonyl (C=O) groups is 1. The molecule has 1 atom stereocenters. The minimum atomic E-state index is -0.348. The zero-order chi connectivity index (χ0) is 21.0. The molecule has 30 heavy (non-hydrogen) atoms. The Morgan fingerprint density at radius 3 is 2.93 bits per heavy atom. The minimum Gasteiger partial charge on any atom is -0.324 e. The van der Waals surface area contributed by atoms with Crippen molar-refractivity contribution in [3.05, 3.63) is 56.6 Å². The zero-order valence-electron chi connectivity index (χ0n) is 17.2. The van der Waals surface area contributed by atoms with E-state index < -0.39 is 0 Å². The van der Waals surface area contributed by atoms with Gasteiger partial charge in [0.05, 0.1) is 5.39 Å². The third kappa shape index (κ3) is 3.11. The molecule has 1 aliphatic rings. The molecule has 1 N–H and O–H groups in total. The van der Waals surface area contributed by atoms with Crippen LogP contribution in [0.25, 0.3) is 15.9 Å². The van der Waals surface area contributed by atoms with E-state index in [1.807, 2.05) is 32.0 Å². The van der Waals surface area contributed by atoms with Gasteiger partial charge in [0, 0.05) is 10.6 Å². The van der Waals surface area contributed by atoms with Crippen molar-refractivity contribution in [2.45, 2.75) is 46.6 Å². The Bertz CT molecular complexity index is 1360. The van der Waals surface area contributed by atoms with Crippen molar-refractivity contribution in [3.63, 3.8) is 0 Å². The Morgan fingerprint density at radius 1 is 1.30 bits per heavy atom. The van der Waals surface area contributed by atoms with Crippen LogP contribution in [0.15, 0.2) is 29.3 Å². The molecule has 1 aromatic carbocycles. The third-order valence-electron chi connectivity index (χ3n) is 5.96. The number of hydrogen-bond donors (Lipinski definition) is 1. The lowest BCUT2D eigenvalue weighted by atomic mass is 9.89. The Labute approximate surface area is 177 Å². The van der Waals surface area contributed by atoms with E-state index in [9.17, 15) is 9.59 Å². The molecule has 8 heteroatoms. The molecule has 0 spiro atoms. The highest BCUT2D eigenvalue weighted by molar-refractivity contribution is 7.19. The van der Waals surface area contributed by atoms with Crippen LogP contribution in [0.3, 0.4) is 0 Å². The summed E-state index contributed by atoms with van der Waals surface area (Å²) < 4.78 is 2.68. The first-order chi connectivity index (χ1) is 14.4. The predicted octanol–water partition coefficient (Wildman–Crippen LogP) is 3.49. The number of nitrogens with zero attached hydrogens (tertiary/aromatic N) is 4. The van der Waals surface area contributed by atoms with Crippen molar-refractivity contribution in [1.82, 2.24) is 19.2 Å². The molecule has 3 heterocycles. The van der Waals surface area contributed by atoms with Crippen LogP contribution < -0.4 is 11.0 Å². The summed E-state index contributed by atoms with van der Waals surface area (Å²) in [6.07, 6.45) is 4.68. The number of carbonyl (C=O) groups excluding carboxylic acids is 1. The molecule has 0 unspecified atom stereocenters.